The summed E-state index contributed by atoms with van der Waals surface area (Å²) < 4.78 is 4.61. The summed E-state index contributed by atoms with van der Waals surface area (Å²) in [4.78, 5) is 15.3. The summed E-state index contributed by atoms with van der Waals surface area (Å²) in [6.07, 6.45) is 1.59. The van der Waals surface area contributed by atoms with E-state index in [0.29, 0.717) is 12.1 Å². The minimum Gasteiger partial charge on any atom is -0.465 e. The molecule has 76 valence electrons. The molecule has 4 heteroatoms. The second kappa shape index (κ2) is 4.72. The quantitative estimate of drug-likeness (QED) is 0.727. The first-order valence-corrected chi connectivity index (χ1v) is 4.43. The smallest absolute Gasteiger partial charge is 0.337 e. The molecule has 1 aromatic heterocycles. The molecule has 1 atom stereocenters. The third-order valence-electron chi connectivity index (χ3n) is 2.06. The number of carbonyl (C=O) groups is 1. The van der Waals surface area contributed by atoms with Crippen LogP contribution in [0.4, 0.5) is 0 Å². The van der Waals surface area contributed by atoms with Crippen LogP contribution in [-0.4, -0.2) is 24.6 Å². The van der Waals surface area contributed by atoms with E-state index in [1.54, 1.807) is 18.3 Å². The lowest BCUT2D eigenvalue weighted by molar-refractivity contribution is 0.0600. The van der Waals surface area contributed by atoms with Crippen LogP contribution < -0.4 is 5.73 Å². The molecule has 2 N–H and O–H groups in total. The number of nitrogens with zero attached hydrogens (tertiary/aromatic N) is 1. The summed E-state index contributed by atoms with van der Waals surface area (Å²) in [5.74, 6) is -0.197. The van der Waals surface area contributed by atoms with Crippen LogP contribution in [0.1, 0.15) is 28.9 Å². The van der Waals surface area contributed by atoms with Gasteiger partial charge in [0.15, 0.2) is 0 Å². The lowest BCUT2D eigenvalue weighted by Gasteiger charge is -2.08. The Morgan fingerprint density at radius 2 is 2.43 bits per heavy atom. The normalized spacial score (nSPS) is 12.2. The number of esters is 1. The van der Waals surface area contributed by atoms with Gasteiger partial charge in [0.05, 0.1) is 12.7 Å². The zero-order chi connectivity index (χ0) is 10.6. The van der Waals surface area contributed by atoms with Crippen LogP contribution in [0.15, 0.2) is 18.3 Å². The van der Waals surface area contributed by atoms with E-state index < -0.39 is 0 Å². The zero-order valence-corrected chi connectivity index (χ0v) is 8.36. The van der Waals surface area contributed by atoms with E-state index in [2.05, 4.69) is 9.72 Å². The van der Waals surface area contributed by atoms with Gasteiger partial charge < -0.3 is 10.5 Å². The highest BCUT2D eigenvalue weighted by atomic mass is 16.5. The van der Waals surface area contributed by atoms with Crippen LogP contribution in [0.5, 0.6) is 0 Å². The van der Waals surface area contributed by atoms with Gasteiger partial charge in [0.1, 0.15) is 0 Å². The maximum atomic E-state index is 11.2. The fourth-order valence-corrected chi connectivity index (χ4v) is 1.08. The summed E-state index contributed by atoms with van der Waals surface area (Å²) in [7, 11) is 1.36. The lowest BCUT2D eigenvalue weighted by atomic mass is 10.1. The number of hydrogen-bond acceptors (Lipinski definition) is 4. The Hall–Kier alpha value is -1.42. The average Bonchev–Trinajstić information content (AvgIpc) is 2.27. The Morgan fingerprint density at radius 1 is 1.71 bits per heavy atom. The van der Waals surface area contributed by atoms with Crippen molar-refractivity contribution < 1.29 is 9.53 Å². The number of hydrogen-bond donors (Lipinski definition) is 1. The number of carbonyl (C=O) groups excluding carboxylic acids is 1. The Balaban J connectivity index is 2.95. The van der Waals surface area contributed by atoms with Crippen molar-refractivity contribution in [3.63, 3.8) is 0 Å². The molecule has 0 fully saturated rings. The average molecular weight is 194 g/mol. The Kier molecular flexibility index (Phi) is 3.59. The maximum absolute atomic E-state index is 11.2. The largest absolute Gasteiger partial charge is 0.465 e. The van der Waals surface area contributed by atoms with Gasteiger partial charge in [-0.3, -0.25) is 4.98 Å². The summed E-state index contributed by atoms with van der Waals surface area (Å²) in [5, 5.41) is 0. The molecule has 0 radical (unpaired) electrons. The van der Waals surface area contributed by atoms with Crippen molar-refractivity contribution in [2.75, 3.05) is 13.7 Å². The summed E-state index contributed by atoms with van der Waals surface area (Å²) in [5.41, 5.74) is 6.83. The highest BCUT2D eigenvalue weighted by Crippen LogP contribution is 2.12. The van der Waals surface area contributed by atoms with E-state index in [1.165, 1.54) is 7.11 Å². The van der Waals surface area contributed by atoms with Gasteiger partial charge in [0.25, 0.3) is 0 Å². The van der Waals surface area contributed by atoms with Crippen molar-refractivity contribution in [2.45, 2.75) is 12.8 Å². The Bertz CT molecular complexity index is 326. The molecule has 4 nitrogen and oxygen atoms in total. The summed E-state index contributed by atoms with van der Waals surface area (Å²) in [6.45, 7) is 2.47. The van der Waals surface area contributed by atoms with Gasteiger partial charge >= 0.3 is 5.97 Å². The Morgan fingerprint density at radius 3 is 3.00 bits per heavy atom. The molecule has 0 saturated carbocycles. The lowest BCUT2D eigenvalue weighted by Crippen LogP contribution is -2.11. The molecular formula is C10H14N2O2. The second-order valence-electron chi connectivity index (χ2n) is 3.10. The van der Waals surface area contributed by atoms with Crippen LogP contribution in [0, 0.1) is 0 Å². The van der Waals surface area contributed by atoms with Crippen LogP contribution in [0.2, 0.25) is 0 Å². The van der Waals surface area contributed by atoms with Gasteiger partial charge in [-0.05, 0) is 12.1 Å². The molecule has 0 amide bonds. The van der Waals surface area contributed by atoms with Crippen molar-refractivity contribution >= 4 is 5.97 Å². The predicted molar refractivity (Wildman–Crippen MR) is 53.0 cm³/mol. The minimum atomic E-state index is -0.349. The molecule has 0 aliphatic carbocycles. The first-order valence-electron chi connectivity index (χ1n) is 4.43. The Labute approximate surface area is 83.1 Å². The van der Waals surface area contributed by atoms with Crippen LogP contribution in [-0.2, 0) is 4.74 Å². The fourth-order valence-electron chi connectivity index (χ4n) is 1.08. The van der Waals surface area contributed by atoms with Crippen molar-refractivity contribution in [1.82, 2.24) is 4.98 Å². The van der Waals surface area contributed by atoms with E-state index in [4.69, 9.17) is 5.73 Å². The van der Waals surface area contributed by atoms with E-state index in [1.807, 2.05) is 6.92 Å². The van der Waals surface area contributed by atoms with Crippen molar-refractivity contribution in [1.29, 1.82) is 0 Å². The van der Waals surface area contributed by atoms with E-state index in [9.17, 15) is 4.79 Å². The number of rotatable bonds is 3. The van der Waals surface area contributed by atoms with Crippen LogP contribution >= 0.6 is 0 Å². The van der Waals surface area contributed by atoms with E-state index in [0.717, 1.165) is 5.69 Å². The van der Waals surface area contributed by atoms with Gasteiger partial charge in [0, 0.05) is 24.4 Å². The van der Waals surface area contributed by atoms with Gasteiger partial charge in [-0.15, -0.1) is 0 Å². The minimum absolute atomic E-state index is 0.152. The molecule has 0 spiro atoms. The SMILES string of the molecule is COC(=O)c1ccnc(C(C)CN)c1. The monoisotopic (exact) mass is 194 g/mol. The standard InChI is InChI=1S/C10H14N2O2/c1-7(6-11)9-5-8(3-4-12-9)10(13)14-2/h3-5,7H,6,11H2,1-2H3. The van der Waals surface area contributed by atoms with Gasteiger partial charge in [-0.1, -0.05) is 6.92 Å². The molecule has 14 heavy (non-hydrogen) atoms. The fraction of sp³-hybridized carbons (Fsp3) is 0.400. The molecule has 0 aliphatic heterocycles. The molecule has 0 aromatic carbocycles. The van der Waals surface area contributed by atoms with Crippen LogP contribution in [0.25, 0.3) is 0 Å². The molecule has 0 saturated heterocycles. The van der Waals surface area contributed by atoms with Gasteiger partial charge in [0.2, 0.25) is 0 Å². The zero-order valence-electron chi connectivity index (χ0n) is 8.36. The van der Waals surface area contributed by atoms with E-state index in [-0.39, 0.29) is 11.9 Å². The number of pyridine rings is 1. The second-order valence-corrected chi connectivity index (χ2v) is 3.10. The number of aromatic nitrogens is 1. The first-order chi connectivity index (χ1) is 6.69. The molecule has 1 heterocycles. The molecule has 0 bridgehead atoms. The number of nitrogens with two attached hydrogens (primary N) is 1. The molecule has 0 aliphatic rings. The van der Waals surface area contributed by atoms with E-state index >= 15 is 0 Å². The van der Waals surface area contributed by atoms with Gasteiger partial charge in [-0.2, -0.15) is 0 Å². The van der Waals surface area contributed by atoms with Crippen molar-refractivity contribution in [3.05, 3.63) is 29.6 Å². The molecule has 1 rings (SSSR count). The van der Waals surface area contributed by atoms with Crippen molar-refractivity contribution in [2.24, 2.45) is 5.73 Å². The highest BCUT2D eigenvalue weighted by molar-refractivity contribution is 5.89. The molecule has 1 unspecified atom stereocenters. The first kappa shape index (κ1) is 10.7. The number of ether oxygens (including phenoxy) is 1. The summed E-state index contributed by atoms with van der Waals surface area (Å²) >= 11 is 0. The summed E-state index contributed by atoms with van der Waals surface area (Å²) in [6, 6.07) is 3.34. The molecular weight excluding hydrogens is 180 g/mol. The third kappa shape index (κ3) is 2.29. The number of methoxy groups -OCH3 is 1. The van der Waals surface area contributed by atoms with Crippen LogP contribution in [0.3, 0.4) is 0 Å². The maximum Gasteiger partial charge on any atom is 0.337 e. The predicted octanol–water partition coefficient (Wildman–Crippen LogP) is 0.930. The highest BCUT2D eigenvalue weighted by Gasteiger charge is 2.09. The topological polar surface area (TPSA) is 65.2 Å². The third-order valence-corrected chi connectivity index (χ3v) is 2.06. The van der Waals surface area contributed by atoms with Crippen molar-refractivity contribution in [3.8, 4) is 0 Å². The van der Waals surface area contributed by atoms with Gasteiger partial charge in [-0.25, -0.2) is 4.79 Å². The molecule has 1 aromatic rings.